The number of rotatable bonds is 3. The van der Waals surface area contributed by atoms with Gasteiger partial charge in [0.2, 0.25) is 0 Å². The summed E-state index contributed by atoms with van der Waals surface area (Å²) < 4.78 is 24.2. The average Bonchev–Trinajstić information content (AvgIpc) is 2.21. The summed E-state index contributed by atoms with van der Waals surface area (Å²) >= 11 is 0. The van der Waals surface area contributed by atoms with Crippen molar-refractivity contribution in [3.8, 4) is 0 Å². The van der Waals surface area contributed by atoms with Crippen molar-refractivity contribution in [1.82, 2.24) is 5.32 Å². The maximum atomic E-state index is 12.1. The number of halogens is 2. The molecule has 0 aromatic heterocycles. The monoisotopic (exact) mass is 235 g/mol. The van der Waals surface area contributed by atoms with Crippen LogP contribution in [0.4, 0.5) is 8.78 Å². The van der Waals surface area contributed by atoms with Gasteiger partial charge in [0.1, 0.15) is 5.54 Å². The van der Waals surface area contributed by atoms with Crippen molar-refractivity contribution in [1.29, 1.82) is 0 Å². The van der Waals surface area contributed by atoms with Crippen molar-refractivity contribution >= 4 is 11.9 Å². The van der Waals surface area contributed by atoms with Crippen molar-refractivity contribution < 1.29 is 23.5 Å². The number of carboxylic acid groups (broad SMARTS) is 1. The first kappa shape index (κ1) is 12.9. The van der Waals surface area contributed by atoms with E-state index in [9.17, 15) is 18.4 Å². The van der Waals surface area contributed by atoms with Gasteiger partial charge in [-0.25, -0.2) is 4.79 Å². The van der Waals surface area contributed by atoms with Gasteiger partial charge in [-0.3, -0.25) is 4.79 Å². The Morgan fingerprint density at radius 1 is 1.38 bits per heavy atom. The summed E-state index contributed by atoms with van der Waals surface area (Å²) in [5.74, 6) is -2.36. The lowest BCUT2D eigenvalue weighted by Crippen LogP contribution is -2.57. The predicted octanol–water partition coefficient (Wildman–Crippen LogP) is 1.40. The number of amides is 1. The van der Waals surface area contributed by atoms with Gasteiger partial charge >= 0.3 is 12.4 Å². The summed E-state index contributed by atoms with van der Waals surface area (Å²) in [7, 11) is 0. The molecule has 2 N–H and O–H groups in total. The Hall–Kier alpha value is -1.20. The Labute approximate surface area is 92.0 Å². The third kappa shape index (κ3) is 2.68. The maximum absolute atomic E-state index is 12.1. The van der Waals surface area contributed by atoms with Crippen LogP contribution in [0.5, 0.6) is 0 Å². The van der Waals surface area contributed by atoms with E-state index in [1.165, 1.54) is 0 Å². The summed E-state index contributed by atoms with van der Waals surface area (Å²) in [6, 6.07) is 0. The average molecular weight is 235 g/mol. The second-order valence-corrected chi connectivity index (χ2v) is 4.36. The van der Waals surface area contributed by atoms with Crippen LogP contribution in [0.3, 0.4) is 0 Å². The standard InChI is InChI=1S/C10H15F2NO3/c1-6-2-4-10(5-3-6,9(15)16)13-8(14)7(11)12/h6-7H,2-5H2,1H3,(H,13,14)(H,15,16). The van der Waals surface area contributed by atoms with Gasteiger partial charge in [0.05, 0.1) is 0 Å². The summed E-state index contributed by atoms with van der Waals surface area (Å²) in [4.78, 5) is 22.0. The molecule has 0 spiro atoms. The number of nitrogens with one attached hydrogen (secondary N) is 1. The summed E-state index contributed by atoms with van der Waals surface area (Å²) in [6.45, 7) is 1.97. The van der Waals surface area contributed by atoms with Crippen molar-refractivity contribution in [2.45, 2.75) is 44.6 Å². The number of hydrogen-bond acceptors (Lipinski definition) is 2. The van der Waals surface area contributed by atoms with Crippen LogP contribution >= 0.6 is 0 Å². The van der Waals surface area contributed by atoms with Crippen LogP contribution < -0.4 is 5.32 Å². The van der Waals surface area contributed by atoms with Gasteiger partial charge in [0.15, 0.2) is 0 Å². The molecule has 1 aliphatic rings. The van der Waals surface area contributed by atoms with Crippen molar-refractivity contribution in [3.05, 3.63) is 0 Å². The van der Waals surface area contributed by atoms with Gasteiger partial charge in [-0.1, -0.05) is 6.92 Å². The zero-order chi connectivity index (χ0) is 12.3. The first-order valence-corrected chi connectivity index (χ1v) is 5.21. The smallest absolute Gasteiger partial charge is 0.329 e. The van der Waals surface area contributed by atoms with E-state index in [1.54, 1.807) is 0 Å². The third-order valence-corrected chi connectivity index (χ3v) is 3.10. The molecule has 0 aromatic rings. The van der Waals surface area contributed by atoms with E-state index < -0.39 is 23.8 Å². The van der Waals surface area contributed by atoms with Gasteiger partial charge in [0, 0.05) is 0 Å². The highest BCUT2D eigenvalue weighted by molar-refractivity contribution is 5.88. The van der Waals surface area contributed by atoms with Crippen LogP contribution in [0.2, 0.25) is 0 Å². The van der Waals surface area contributed by atoms with Crippen molar-refractivity contribution in [2.24, 2.45) is 5.92 Å². The lowest BCUT2D eigenvalue weighted by atomic mass is 9.77. The van der Waals surface area contributed by atoms with Crippen LogP contribution in [0.15, 0.2) is 0 Å². The zero-order valence-corrected chi connectivity index (χ0v) is 9.00. The molecular weight excluding hydrogens is 220 g/mol. The number of carbonyl (C=O) groups excluding carboxylic acids is 1. The molecule has 0 saturated heterocycles. The molecule has 0 bridgehead atoms. The Morgan fingerprint density at radius 3 is 2.25 bits per heavy atom. The van der Waals surface area contributed by atoms with Crippen LogP contribution in [0.1, 0.15) is 32.6 Å². The van der Waals surface area contributed by atoms with Crippen molar-refractivity contribution in [2.75, 3.05) is 0 Å². The van der Waals surface area contributed by atoms with Gasteiger partial charge in [-0.15, -0.1) is 0 Å². The molecule has 0 unspecified atom stereocenters. The quantitative estimate of drug-likeness (QED) is 0.777. The Balaban J connectivity index is 2.74. The fraction of sp³-hybridized carbons (Fsp3) is 0.800. The van der Waals surface area contributed by atoms with Crippen molar-refractivity contribution in [3.63, 3.8) is 0 Å². The number of alkyl halides is 2. The molecule has 0 atom stereocenters. The number of aliphatic carboxylic acids is 1. The second kappa shape index (κ2) is 4.76. The number of carbonyl (C=O) groups is 2. The van der Waals surface area contributed by atoms with E-state index in [4.69, 9.17) is 5.11 Å². The van der Waals surface area contributed by atoms with E-state index in [1.807, 2.05) is 12.2 Å². The van der Waals surface area contributed by atoms with E-state index in [0.29, 0.717) is 18.8 Å². The lowest BCUT2D eigenvalue weighted by molar-refractivity contribution is -0.151. The molecule has 0 radical (unpaired) electrons. The van der Waals surface area contributed by atoms with Crippen LogP contribution in [0.25, 0.3) is 0 Å². The highest BCUT2D eigenvalue weighted by Gasteiger charge is 2.43. The Kier molecular flexibility index (Phi) is 3.83. The molecule has 1 amide bonds. The molecule has 1 aliphatic carbocycles. The maximum Gasteiger partial charge on any atom is 0.329 e. The molecule has 0 aromatic carbocycles. The fourth-order valence-corrected chi connectivity index (χ4v) is 1.94. The molecule has 6 heteroatoms. The SMILES string of the molecule is CC1CCC(NC(=O)C(F)F)(C(=O)O)CC1. The first-order chi connectivity index (χ1) is 7.37. The molecule has 92 valence electrons. The second-order valence-electron chi connectivity index (χ2n) is 4.36. The van der Waals surface area contributed by atoms with E-state index in [0.717, 1.165) is 0 Å². The third-order valence-electron chi connectivity index (χ3n) is 3.10. The predicted molar refractivity (Wildman–Crippen MR) is 52.1 cm³/mol. The van der Waals surface area contributed by atoms with Crippen LogP contribution in [-0.2, 0) is 9.59 Å². The van der Waals surface area contributed by atoms with Crippen LogP contribution in [0, 0.1) is 5.92 Å². The molecule has 4 nitrogen and oxygen atoms in total. The highest BCUT2D eigenvalue weighted by atomic mass is 19.3. The molecular formula is C10H15F2NO3. The van der Waals surface area contributed by atoms with E-state index in [2.05, 4.69) is 0 Å². The molecule has 1 fully saturated rings. The molecule has 1 rings (SSSR count). The first-order valence-electron chi connectivity index (χ1n) is 5.21. The normalized spacial score (nSPS) is 30.1. The minimum Gasteiger partial charge on any atom is -0.480 e. The summed E-state index contributed by atoms with van der Waals surface area (Å²) in [5.41, 5.74) is -1.50. The molecule has 1 saturated carbocycles. The van der Waals surface area contributed by atoms with E-state index >= 15 is 0 Å². The Bertz CT molecular complexity index is 286. The summed E-state index contributed by atoms with van der Waals surface area (Å²) in [6.07, 6.45) is -1.51. The fourth-order valence-electron chi connectivity index (χ4n) is 1.94. The van der Waals surface area contributed by atoms with Gasteiger partial charge in [-0.05, 0) is 31.6 Å². The largest absolute Gasteiger partial charge is 0.480 e. The minimum absolute atomic E-state index is 0.210. The lowest BCUT2D eigenvalue weighted by Gasteiger charge is -2.36. The van der Waals surface area contributed by atoms with Crippen LogP contribution in [-0.4, -0.2) is 28.9 Å². The Morgan fingerprint density at radius 2 is 1.88 bits per heavy atom. The minimum atomic E-state index is -3.17. The van der Waals surface area contributed by atoms with Gasteiger partial charge in [0.25, 0.3) is 5.91 Å². The highest BCUT2D eigenvalue weighted by Crippen LogP contribution is 2.32. The molecule has 0 heterocycles. The molecule has 0 aliphatic heterocycles. The number of carboxylic acids is 1. The number of hydrogen-bond donors (Lipinski definition) is 2. The summed E-state index contributed by atoms with van der Waals surface area (Å²) in [5, 5.41) is 11.0. The van der Waals surface area contributed by atoms with E-state index in [-0.39, 0.29) is 12.8 Å². The molecule has 16 heavy (non-hydrogen) atoms. The zero-order valence-electron chi connectivity index (χ0n) is 9.00. The van der Waals surface area contributed by atoms with Gasteiger partial charge in [-0.2, -0.15) is 8.78 Å². The topological polar surface area (TPSA) is 66.4 Å². The van der Waals surface area contributed by atoms with Gasteiger partial charge < -0.3 is 10.4 Å².